The van der Waals surface area contributed by atoms with E-state index in [1.807, 2.05) is 40.7 Å². The summed E-state index contributed by atoms with van der Waals surface area (Å²) in [5.41, 5.74) is 2.22. The molecule has 1 aromatic heterocycles. The van der Waals surface area contributed by atoms with Gasteiger partial charge in [-0.05, 0) is 65.7 Å². The minimum Gasteiger partial charge on any atom is -0.490 e. The third-order valence-corrected chi connectivity index (χ3v) is 5.06. The summed E-state index contributed by atoms with van der Waals surface area (Å²) in [4.78, 5) is 23.9. The molecule has 0 spiro atoms. The van der Waals surface area contributed by atoms with E-state index in [0.717, 1.165) is 24.2 Å². The number of rotatable bonds is 9. The van der Waals surface area contributed by atoms with E-state index >= 15 is 0 Å². The van der Waals surface area contributed by atoms with E-state index in [1.165, 1.54) is 0 Å². The Morgan fingerprint density at radius 2 is 1.56 bits per heavy atom. The number of ether oxygens (including phenoxy) is 4. The second kappa shape index (κ2) is 11.0. The van der Waals surface area contributed by atoms with E-state index in [9.17, 15) is 4.79 Å². The molecular formula is C24H33N3O5. The molecule has 1 aromatic carbocycles. The third-order valence-electron chi connectivity index (χ3n) is 5.06. The quantitative estimate of drug-likeness (QED) is 0.580. The summed E-state index contributed by atoms with van der Waals surface area (Å²) in [5.74, 6) is 1.46. The fraction of sp³-hybridized carbons (Fsp3) is 0.542. The molecule has 8 nitrogen and oxygen atoms in total. The van der Waals surface area contributed by atoms with Gasteiger partial charge in [0.1, 0.15) is 6.10 Å². The average molecular weight is 444 g/mol. The number of carbonyl (C=O) groups excluding carboxylic acids is 1. The summed E-state index contributed by atoms with van der Waals surface area (Å²) in [7, 11) is 0. The molecule has 1 aliphatic heterocycles. The number of aryl methyl sites for hydroxylation is 2. The number of hydrogen-bond donors (Lipinski definition) is 0. The minimum absolute atomic E-state index is 0.0930. The van der Waals surface area contributed by atoms with Gasteiger partial charge < -0.3 is 23.8 Å². The summed E-state index contributed by atoms with van der Waals surface area (Å²) in [6.07, 6.45) is 1.53. The van der Waals surface area contributed by atoms with Crippen LogP contribution in [0.15, 0.2) is 18.2 Å². The molecule has 8 heteroatoms. The topological polar surface area (TPSA) is 83.0 Å². The van der Waals surface area contributed by atoms with E-state index in [1.54, 1.807) is 17.0 Å². The molecule has 1 fully saturated rings. The van der Waals surface area contributed by atoms with Crippen LogP contribution in [0.2, 0.25) is 0 Å². The van der Waals surface area contributed by atoms with Crippen molar-refractivity contribution in [3.05, 3.63) is 35.2 Å². The lowest BCUT2D eigenvalue weighted by Gasteiger charge is -2.32. The predicted octanol–water partition coefficient (Wildman–Crippen LogP) is 3.97. The van der Waals surface area contributed by atoms with Crippen LogP contribution < -0.4 is 18.9 Å². The first kappa shape index (κ1) is 23.6. The summed E-state index contributed by atoms with van der Waals surface area (Å²) in [6.45, 7) is 12.0. The monoisotopic (exact) mass is 443 g/mol. The van der Waals surface area contributed by atoms with Crippen LogP contribution in [-0.4, -0.2) is 59.8 Å². The molecule has 1 amide bonds. The SMILES string of the molecule is CCOc1cc(C(=O)N2CCCC(Oc3nc(C)cc(C)n3)C2)cc(OCC)c1OCC. The Balaban J connectivity index is 1.80. The molecule has 1 atom stereocenters. The maximum atomic E-state index is 13.4. The number of aromatic nitrogens is 2. The second-order valence-electron chi connectivity index (χ2n) is 7.67. The smallest absolute Gasteiger partial charge is 0.317 e. The molecule has 174 valence electrons. The number of likely N-dealkylation sites (tertiary alicyclic amines) is 1. The highest BCUT2D eigenvalue weighted by Crippen LogP contribution is 2.39. The van der Waals surface area contributed by atoms with Gasteiger partial charge in [0, 0.05) is 23.5 Å². The fourth-order valence-electron chi connectivity index (χ4n) is 3.81. The lowest BCUT2D eigenvalue weighted by Crippen LogP contribution is -2.44. The largest absolute Gasteiger partial charge is 0.490 e. The Morgan fingerprint density at radius 3 is 2.12 bits per heavy atom. The Morgan fingerprint density at radius 1 is 0.969 bits per heavy atom. The first-order valence-electron chi connectivity index (χ1n) is 11.3. The number of nitrogens with zero attached hydrogens (tertiary/aromatic N) is 3. The Kier molecular flexibility index (Phi) is 8.14. The lowest BCUT2D eigenvalue weighted by atomic mass is 10.1. The highest BCUT2D eigenvalue weighted by atomic mass is 16.5. The highest BCUT2D eigenvalue weighted by Gasteiger charge is 2.28. The summed E-state index contributed by atoms with van der Waals surface area (Å²) in [6, 6.07) is 5.73. The number of hydrogen-bond acceptors (Lipinski definition) is 7. The summed E-state index contributed by atoms with van der Waals surface area (Å²) >= 11 is 0. The van der Waals surface area contributed by atoms with Crippen LogP contribution in [0.5, 0.6) is 23.3 Å². The zero-order chi connectivity index (χ0) is 23.1. The van der Waals surface area contributed by atoms with Crippen LogP contribution in [0, 0.1) is 13.8 Å². The van der Waals surface area contributed by atoms with Gasteiger partial charge in [-0.2, -0.15) is 0 Å². The van der Waals surface area contributed by atoms with Crippen molar-refractivity contribution in [2.24, 2.45) is 0 Å². The van der Waals surface area contributed by atoms with Crippen LogP contribution in [0.1, 0.15) is 55.4 Å². The van der Waals surface area contributed by atoms with E-state index in [4.69, 9.17) is 18.9 Å². The molecule has 0 radical (unpaired) electrons. The van der Waals surface area contributed by atoms with Gasteiger partial charge in [-0.25, -0.2) is 9.97 Å². The zero-order valence-corrected chi connectivity index (χ0v) is 19.6. The van der Waals surface area contributed by atoms with Crippen molar-refractivity contribution in [1.82, 2.24) is 14.9 Å². The fourth-order valence-corrected chi connectivity index (χ4v) is 3.81. The van der Waals surface area contributed by atoms with Crippen molar-refractivity contribution < 1.29 is 23.7 Å². The number of carbonyl (C=O) groups is 1. The van der Waals surface area contributed by atoms with Crippen molar-refractivity contribution in [3.8, 4) is 23.3 Å². The van der Waals surface area contributed by atoms with Crippen LogP contribution in [-0.2, 0) is 0 Å². The van der Waals surface area contributed by atoms with E-state index in [2.05, 4.69) is 9.97 Å². The van der Waals surface area contributed by atoms with E-state index in [-0.39, 0.29) is 12.0 Å². The normalized spacial score (nSPS) is 15.9. The molecule has 1 saturated heterocycles. The van der Waals surface area contributed by atoms with Gasteiger partial charge in [0.25, 0.3) is 5.91 Å². The number of amides is 1. The van der Waals surface area contributed by atoms with Crippen molar-refractivity contribution in [1.29, 1.82) is 0 Å². The Hall–Kier alpha value is -3.03. The molecule has 2 aromatic rings. The maximum absolute atomic E-state index is 13.4. The zero-order valence-electron chi connectivity index (χ0n) is 19.6. The minimum atomic E-state index is -0.158. The summed E-state index contributed by atoms with van der Waals surface area (Å²) < 4.78 is 23.3. The van der Waals surface area contributed by atoms with Crippen molar-refractivity contribution in [2.75, 3.05) is 32.9 Å². The van der Waals surface area contributed by atoms with Crippen molar-refractivity contribution in [3.63, 3.8) is 0 Å². The first-order valence-corrected chi connectivity index (χ1v) is 11.3. The number of piperidine rings is 1. The standard InChI is InChI=1S/C24H33N3O5/c1-6-29-20-13-18(14-21(30-7-2)22(20)31-8-3)23(28)27-11-9-10-19(15-27)32-24-25-16(4)12-17(5)26-24/h12-14,19H,6-11,15H2,1-5H3. The Labute approximate surface area is 189 Å². The summed E-state index contributed by atoms with van der Waals surface area (Å²) in [5, 5.41) is 0. The molecule has 2 heterocycles. The van der Waals surface area contributed by atoms with Crippen molar-refractivity contribution in [2.45, 2.75) is 53.6 Å². The molecule has 0 saturated carbocycles. The van der Waals surface area contributed by atoms with Crippen molar-refractivity contribution >= 4 is 5.91 Å². The van der Waals surface area contributed by atoms with E-state index < -0.39 is 0 Å². The second-order valence-corrected chi connectivity index (χ2v) is 7.67. The third kappa shape index (κ3) is 5.81. The van der Waals surface area contributed by atoms with Gasteiger partial charge in [0.15, 0.2) is 11.5 Å². The predicted molar refractivity (Wildman–Crippen MR) is 121 cm³/mol. The molecule has 3 rings (SSSR count). The molecule has 0 aliphatic carbocycles. The van der Waals surface area contributed by atoms with Gasteiger partial charge >= 0.3 is 6.01 Å². The van der Waals surface area contributed by atoms with E-state index in [0.29, 0.717) is 61.7 Å². The molecular weight excluding hydrogens is 410 g/mol. The van der Waals surface area contributed by atoms with Crippen LogP contribution >= 0.6 is 0 Å². The lowest BCUT2D eigenvalue weighted by molar-refractivity contribution is 0.0514. The van der Waals surface area contributed by atoms with Gasteiger partial charge in [-0.3, -0.25) is 4.79 Å². The first-order chi connectivity index (χ1) is 15.4. The van der Waals surface area contributed by atoms with Crippen LogP contribution in [0.4, 0.5) is 0 Å². The molecule has 1 unspecified atom stereocenters. The van der Waals surface area contributed by atoms with Gasteiger partial charge in [-0.15, -0.1) is 0 Å². The Bertz CT molecular complexity index is 887. The highest BCUT2D eigenvalue weighted by molar-refractivity contribution is 5.95. The molecule has 0 bridgehead atoms. The van der Waals surface area contributed by atoms with Gasteiger partial charge in [0.2, 0.25) is 5.75 Å². The maximum Gasteiger partial charge on any atom is 0.317 e. The molecule has 0 N–H and O–H groups in total. The van der Waals surface area contributed by atoms with Gasteiger partial charge in [-0.1, -0.05) is 0 Å². The average Bonchev–Trinajstić information content (AvgIpc) is 2.75. The molecule has 1 aliphatic rings. The van der Waals surface area contributed by atoms with Gasteiger partial charge in [0.05, 0.1) is 26.4 Å². The van der Waals surface area contributed by atoms with Crippen LogP contribution in [0.3, 0.4) is 0 Å². The van der Waals surface area contributed by atoms with Crippen LogP contribution in [0.25, 0.3) is 0 Å². The molecule has 32 heavy (non-hydrogen) atoms. The number of benzene rings is 1.